The van der Waals surface area contributed by atoms with Gasteiger partial charge in [0.15, 0.2) is 0 Å². The Labute approximate surface area is 192 Å². The van der Waals surface area contributed by atoms with Crippen LogP contribution in [0, 0.1) is 5.82 Å². The average Bonchev–Trinajstić information content (AvgIpc) is 2.99. The number of pyridine rings is 2. The maximum absolute atomic E-state index is 13.0. The first-order chi connectivity index (χ1) is 16.0. The van der Waals surface area contributed by atoms with E-state index < -0.39 is 11.9 Å². The minimum atomic E-state index is -0.916. The van der Waals surface area contributed by atoms with Gasteiger partial charge in [0, 0.05) is 34.1 Å². The van der Waals surface area contributed by atoms with E-state index in [0.717, 1.165) is 34.7 Å². The van der Waals surface area contributed by atoms with Crippen LogP contribution in [-0.4, -0.2) is 32.2 Å². The first kappa shape index (κ1) is 21.1. The van der Waals surface area contributed by atoms with Crippen LogP contribution >= 0.6 is 11.3 Å². The summed E-state index contributed by atoms with van der Waals surface area (Å²) in [7, 11) is 0. The van der Waals surface area contributed by atoms with Gasteiger partial charge >= 0.3 is 6.09 Å². The number of hydrogen-bond acceptors (Lipinski definition) is 5. The molecule has 0 saturated heterocycles. The summed E-state index contributed by atoms with van der Waals surface area (Å²) in [5.74, 6) is -0.0264. The largest absolute Gasteiger partial charge is 0.487 e. The molecule has 33 heavy (non-hydrogen) atoms. The van der Waals surface area contributed by atoms with E-state index >= 15 is 0 Å². The number of carbonyl (C=O) groups is 1. The minimum Gasteiger partial charge on any atom is -0.487 e. The first-order valence-corrected chi connectivity index (χ1v) is 11.3. The van der Waals surface area contributed by atoms with Gasteiger partial charge in [-0.1, -0.05) is 0 Å². The highest BCUT2D eigenvalue weighted by atomic mass is 32.1. The summed E-state index contributed by atoms with van der Waals surface area (Å²) < 4.78 is 21.2. The van der Waals surface area contributed by atoms with E-state index in [1.165, 1.54) is 32.5 Å². The predicted octanol–water partition coefficient (Wildman–Crippen LogP) is 4.59. The van der Waals surface area contributed by atoms with Gasteiger partial charge in [0.25, 0.3) is 5.56 Å². The van der Waals surface area contributed by atoms with Gasteiger partial charge in [0.2, 0.25) is 0 Å². The fourth-order valence-corrected chi connectivity index (χ4v) is 5.23. The monoisotopic (exact) mass is 465 g/mol. The van der Waals surface area contributed by atoms with E-state index in [1.54, 1.807) is 23.6 Å². The average molecular weight is 466 g/mol. The lowest BCUT2D eigenvalue weighted by Gasteiger charge is -2.16. The van der Waals surface area contributed by atoms with E-state index in [0.29, 0.717) is 30.2 Å². The number of aromatic nitrogens is 2. The maximum Gasteiger partial charge on any atom is 0.407 e. The molecular weight excluding hydrogens is 445 g/mol. The molecule has 1 aliphatic heterocycles. The molecule has 0 spiro atoms. The summed E-state index contributed by atoms with van der Waals surface area (Å²) in [4.78, 5) is 30.9. The molecule has 0 fully saturated rings. The van der Waals surface area contributed by atoms with Crippen molar-refractivity contribution in [2.75, 3.05) is 6.54 Å². The van der Waals surface area contributed by atoms with Crippen LogP contribution in [0.5, 0.6) is 5.75 Å². The van der Waals surface area contributed by atoms with Crippen LogP contribution in [-0.2, 0) is 19.6 Å². The number of thiophene rings is 1. The lowest BCUT2D eigenvalue weighted by atomic mass is 10.1. The molecule has 0 saturated carbocycles. The second-order valence-corrected chi connectivity index (χ2v) is 8.96. The molecule has 5 rings (SSSR count). The normalized spacial score (nSPS) is 13.5. The van der Waals surface area contributed by atoms with E-state index in [4.69, 9.17) is 4.74 Å². The number of ether oxygens (including phenoxy) is 1. The minimum absolute atomic E-state index is 0.122. The van der Waals surface area contributed by atoms with Crippen molar-refractivity contribution in [2.45, 2.75) is 26.0 Å². The molecule has 1 aliphatic rings. The van der Waals surface area contributed by atoms with Crippen LogP contribution in [0.25, 0.3) is 15.8 Å². The number of rotatable bonds is 4. The lowest BCUT2D eigenvalue weighted by Crippen LogP contribution is -2.28. The molecule has 168 valence electrons. The Kier molecular flexibility index (Phi) is 5.55. The SMILES string of the molecule is O=C(O)N1CCCc2sc3ccc(-n4ccc(OCc5ccc(F)cn5)cc4=O)cc3c2C1. The summed E-state index contributed by atoms with van der Waals surface area (Å²) >= 11 is 1.69. The number of hydrogen-bond donors (Lipinski definition) is 1. The van der Waals surface area contributed by atoms with Crippen molar-refractivity contribution in [3.8, 4) is 11.4 Å². The molecule has 1 amide bonds. The Bertz CT molecular complexity index is 1400. The van der Waals surface area contributed by atoms with Gasteiger partial charge in [0.05, 0.1) is 18.4 Å². The highest BCUT2D eigenvalue weighted by molar-refractivity contribution is 7.19. The van der Waals surface area contributed by atoms with Gasteiger partial charge in [-0.15, -0.1) is 11.3 Å². The molecule has 0 atom stereocenters. The number of nitrogens with zero attached hydrogens (tertiary/aromatic N) is 3. The molecule has 1 aromatic carbocycles. The molecule has 4 aromatic rings. The second-order valence-electron chi connectivity index (χ2n) is 7.82. The Balaban J connectivity index is 1.42. The zero-order chi connectivity index (χ0) is 22.9. The van der Waals surface area contributed by atoms with Crippen molar-refractivity contribution in [3.63, 3.8) is 0 Å². The summed E-state index contributed by atoms with van der Waals surface area (Å²) in [6.07, 6.45) is 3.50. The van der Waals surface area contributed by atoms with Crippen LogP contribution < -0.4 is 10.3 Å². The summed E-state index contributed by atoms with van der Waals surface area (Å²) in [5.41, 5.74) is 2.02. The lowest BCUT2D eigenvalue weighted by molar-refractivity contribution is 0.143. The van der Waals surface area contributed by atoms with Gasteiger partial charge in [-0.3, -0.25) is 14.3 Å². The number of amides is 1. The molecule has 0 unspecified atom stereocenters. The van der Waals surface area contributed by atoms with Crippen LogP contribution in [0.2, 0.25) is 0 Å². The Hall–Kier alpha value is -3.72. The van der Waals surface area contributed by atoms with Crippen LogP contribution in [0.1, 0.15) is 22.6 Å². The van der Waals surface area contributed by atoms with Gasteiger partial charge in [-0.2, -0.15) is 0 Å². The fourth-order valence-electron chi connectivity index (χ4n) is 3.99. The van der Waals surface area contributed by atoms with Crippen molar-refractivity contribution >= 4 is 27.5 Å². The third-order valence-electron chi connectivity index (χ3n) is 5.65. The highest BCUT2D eigenvalue weighted by Crippen LogP contribution is 2.36. The zero-order valence-corrected chi connectivity index (χ0v) is 18.3. The molecule has 7 nitrogen and oxygen atoms in total. The topological polar surface area (TPSA) is 84.7 Å². The molecule has 4 heterocycles. The van der Waals surface area contributed by atoms with Crippen molar-refractivity contribution in [1.82, 2.24) is 14.5 Å². The molecule has 9 heteroatoms. The number of aryl methyl sites for hydroxylation is 1. The van der Waals surface area contributed by atoms with E-state index in [1.807, 2.05) is 18.2 Å². The Morgan fingerprint density at radius 2 is 2.09 bits per heavy atom. The van der Waals surface area contributed by atoms with Gasteiger partial charge < -0.3 is 14.7 Å². The van der Waals surface area contributed by atoms with Gasteiger partial charge in [-0.05, 0) is 60.2 Å². The van der Waals surface area contributed by atoms with Crippen molar-refractivity contribution in [1.29, 1.82) is 0 Å². The molecule has 3 aromatic heterocycles. The number of halogens is 1. The molecular formula is C24H20FN3O4S. The van der Waals surface area contributed by atoms with Crippen molar-refractivity contribution in [2.24, 2.45) is 0 Å². The Morgan fingerprint density at radius 1 is 1.21 bits per heavy atom. The fraction of sp³-hybridized carbons (Fsp3) is 0.208. The van der Waals surface area contributed by atoms with Gasteiger partial charge in [0.1, 0.15) is 18.2 Å². The number of benzene rings is 1. The summed E-state index contributed by atoms with van der Waals surface area (Å²) in [5, 5.41) is 10.5. The van der Waals surface area contributed by atoms with Crippen LogP contribution in [0.4, 0.5) is 9.18 Å². The third-order valence-corrected chi connectivity index (χ3v) is 6.93. The predicted molar refractivity (Wildman–Crippen MR) is 123 cm³/mol. The van der Waals surface area contributed by atoms with Crippen molar-refractivity contribution in [3.05, 3.63) is 87.2 Å². The highest BCUT2D eigenvalue weighted by Gasteiger charge is 2.22. The number of carboxylic acid groups (broad SMARTS) is 1. The number of fused-ring (bicyclic) bond motifs is 3. The molecule has 1 N–H and O–H groups in total. The quantitative estimate of drug-likeness (QED) is 0.477. The summed E-state index contributed by atoms with van der Waals surface area (Å²) in [6, 6.07) is 11.7. The third kappa shape index (κ3) is 4.31. The summed E-state index contributed by atoms with van der Waals surface area (Å²) in [6.45, 7) is 0.996. The zero-order valence-electron chi connectivity index (χ0n) is 17.5. The Morgan fingerprint density at radius 3 is 2.85 bits per heavy atom. The first-order valence-electron chi connectivity index (χ1n) is 10.5. The molecule has 0 radical (unpaired) electrons. The standard InChI is InChI=1S/C24H20FN3O4S/c25-15-3-4-16(26-12-15)14-32-18-7-9-28(23(29)11-18)17-5-6-22-19(10-17)20-13-27(24(30)31)8-1-2-21(20)33-22/h3-7,9-12H,1-2,8,13-14H2,(H,30,31). The van der Waals surface area contributed by atoms with E-state index in [-0.39, 0.29) is 12.2 Å². The van der Waals surface area contributed by atoms with Gasteiger partial charge in [-0.25, -0.2) is 9.18 Å². The maximum atomic E-state index is 13.0. The molecule has 0 aliphatic carbocycles. The second kappa shape index (κ2) is 8.67. The van der Waals surface area contributed by atoms with E-state index in [9.17, 15) is 19.1 Å². The van der Waals surface area contributed by atoms with Crippen LogP contribution in [0.3, 0.4) is 0 Å². The van der Waals surface area contributed by atoms with Crippen LogP contribution in [0.15, 0.2) is 59.7 Å². The molecule has 0 bridgehead atoms. The van der Waals surface area contributed by atoms with Crippen molar-refractivity contribution < 1.29 is 19.0 Å². The van der Waals surface area contributed by atoms with E-state index in [2.05, 4.69) is 4.98 Å². The smallest absolute Gasteiger partial charge is 0.407 e.